The molecule has 0 saturated heterocycles. The predicted octanol–water partition coefficient (Wildman–Crippen LogP) is 2.88. The van der Waals surface area contributed by atoms with E-state index in [0.717, 1.165) is 16.8 Å². The monoisotopic (exact) mass is 321 g/mol. The molecule has 1 amide bonds. The third-order valence-electron chi connectivity index (χ3n) is 3.70. The van der Waals surface area contributed by atoms with E-state index in [-0.39, 0.29) is 5.91 Å². The van der Waals surface area contributed by atoms with Crippen molar-refractivity contribution in [3.63, 3.8) is 0 Å². The van der Waals surface area contributed by atoms with Crippen LogP contribution in [0, 0.1) is 0 Å². The van der Waals surface area contributed by atoms with Crippen molar-refractivity contribution in [3.05, 3.63) is 84.2 Å². The number of nitrogens with zero attached hydrogens (tertiary/aromatic N) is 2. The van der Waals surface area contributed by atoms with Crippen molar-refractivity contribution >= 4 is 5.91 Å². The zero-order valence-electron chi connectivity index (χ0n) is 13.4. The molecule has 122 valence electrons. The van der Waals surface area contributed by atoms with Crippen LogP contribution in [0.15, 0.2) is 73.1 Å². The van der Waals surface area contributed by atoms with Gasteiger partial charge in [0.25, 0.3) is 5.91 Å². The molecular formula is C19H19N3O2. The predicted molar refractivity (Wildman–Crippen MR) is 91.6 cm³/mol. The molecule has 0 aliphatic carbocycles. The van der Waals surface area contributed by atoms with Gasteiger partial charge in [0, 0.05) is 25.4 Å². The summed E-state index contributed by atoms with van der Waals surface area (Å²) in [7, 11) is 1.53. The average Bonchev–Trinajstić information content (AvgIpc) is 3.11. The molecule has 0 aliphatic heterocycles. The Morgan fingerprint density at radius 1 is 1.12 bits per heavy atom. The maximum absolute atomic E-state index is 12.4. The van der Waals surface area contributed by atoms with Crippen LogP contribution >= 0.6 is 0 Å². The fourth-order valence-electron chi connectivity index (χ4n) is 2.48. The first-order chi connectivity index (χ1) is 11.8. The maximum Gasteiger partial charge on any atom is 0.254 e. The number of aromatic nitrogens is 2. The second kappa shape index (κ2) is 7.57. The topological polar surface area (TPSA) is 56.1 Å². The van der Waals surface area contributed by atoms with Crippen LogP contribution in [-0.4, -0.2) is 22.8 Å². The number of ether oxygens (including phenoxy) is 1. The highest BCUT2D eigenvalue weighted by atomic mass is 16.5. The highest BCUT2D eigenvalue weighted by Crippen LogP contribution is 2.16. The van der Waals surface area contributed by atoms with Crippen molar-refractivity contribution < 1.29 is 9.53 Å². The third-order valence-corrected chi connectivity index (χ3v) is 3.70. The van der Waals surface area contributed by atoms with E-state index in [4.69, 9.17) is 4.74 Å². The van der Waals surface area contributed by atoms with Crippen LogP contribution in [0.3, 0.4) is 0 Å². The van der Waals surface area contributed by atoms with E-state index in [1.165, 1.54) is 7.11 Å². The molecule has 1 heterocycles. The van der Waals surface area contributed by atoms with E-state index < -0.39 is 6.10 Å². The number of amides is 1. The van der Waals surface area contributed by atoms with Gasteiger partial charge in [0.15, 0.2) is 6.10 Å². The van der Waals surface area contributed by atoms with Gasteiger partial charge in [-0.05, 0) is 17.7 Å². The van der Waals surface area contributed by atoms with Gasteiger partial charge in [0.2, 0.25) is 0 Å². The molecule has 3 rings (SSSR count). The Bertz CT molecular complexity index is 785. The van der Waals surface area contributed by atoms with E-state index in [1.54, 1.807) is 10.9 Å². The quantitative estimate of drug-likeness (QED) is 0.759. The Balaban J connectivity index is 1.63. The molecule has 0 radical (unpaired) electrons. The lowest BCUT2D eigenvalue weighted by Crippen LogP contribution is -2.29. The Hall–Kier alpha value is -2.92. The van der Waals surface area contributed by atoms with Gasteiger partial charge in [-0.15, -0.1) is 0 Å². The summed E-state index contributed by atoms with van der Waals surface area (Å²) in [5.74, 6) is -0.170. The maximum atomic E-state index is 12.4. The van der Waals surface area contributed by atoms with Gasteiger partial charge in [-0.3, -0.25) is 4.79 Å². The van der Waals surface area contributed by atoms with E-state index in [1.807, 2.05) is 66.9 Å². The molecule has 0 fully saturated rings. The van der Waals surface area contributed by atoms with Gasteiger partial charge in [0.1, 0.15) is 0 Å². The van der Waals surface area contributed by atoms with Crippen molar-refractivity contribution in [2.45, 2.75) is 12.6 Å². The van der Waals surface area contributed by atoms with Crippen LogP contribution in [0.5, 0.6) is 0 Å². The van der Waals surface area contributed by atoms with Crippen molar-refractivity contribution in [2.24, 2.45) is 0 Å². The minimum atomic E-state index is -0.615. The molecule has 0 aliphatic rings. The lowest BCUT2D eigenvalue weighted by atomic mass is 10.1. The Kier molecular flexibility index (Phi) is 5.03. The lowest BCUT2D eigenvalue weighted by molar-refractivity contribution is -0.131. The Morgan fingerprint density at radius 2 is 1.79 bits per heavy atom. The summed E-state index contributed by atoms with van der Waals surface area (Å²) in [6.07, 6.45) is 3.03. The van der Waals surface area contributed by atoms with E-state index in [2.05, 4.69) is 10.4 Å². The highest BCUT2D eigenvalue weighted by molar-refractivity contribution is 5.82. The standard InChI is InChI=1S/C19H19N3O2/c1-24-18(16-8-4-2-5-9-16)19(23)20-12-15-13-21-22(14-15)17-10-6-3-7-11-17/h2-11,13-14,18H,12H2,1H3,(H,20,23). The molecular weight excluding hydrogens is 302 g/mol. The fourth-order valence-corrected chi connectivity index (χ4v) is 2.48. The minimum absolute atomic E-state index is 0.170. The number of para-hydroxylation sites is 1. The van der Waals surface area contributed by atoms with Crippen molar-refractivity contribution in [1.82, 2.24) is 15.1 Å². The summed E-state index contributed by atoms with van der Waals surface area (Å²) in [6, 6.07) is 19.3. The smallest absolute Gasteiger partial charge is 0.254 e. The van der Waals surface area contributed by atoms with Gasteiger partial charge in [-0.2, -0.15) is 5.10 Å². The number of hydrogen-bond acceptors (Lipinski definition) is 3. The first-order valence-corrected chi connectivity index (χ1v) is 7.72. The molecule has 0 bridgehead atoms. The highest BCUT2D eigenvalue weighted by Gasteiger charge is 2.19. The molecule has 5 heteroatoms. The zero-order valence-corrected chi connectivity index (χ0v) is 13.4. The molecule has 1 aromatic heterocycles. The average molecular weight is 321 g/mol. The van der Waals surface area contributed by atoms with Crippen LogP contribution < -0.4 is 5.32 Å². The fraction of sp³-hybridized carbons (Fsp3) is 0.158. The van der Waals surface area contributed by atoms with Crippen LogP contribution in [0.25, 0.3) is 5.69 Å². The molecule has 0 spiro atoms. The van der Waals surface area contributed by atoms with Crippen LogP contribution in [0.4, 0.5) is 0 Å². The number of carbonyl (C=O) groups is 1. The molecule has 1 N–H and O–H groups in total. The van der Waals surface area contributed by atoms with Gasteiger partial charge in [-0.1, -0.05) is 48.5 Å². The first-order valence-electron chi connectivity index (χ1n) is 7.72. The molecule has 3 aromatic rings. The lowest BCUT2D eigenvalue weighted by Gasteiger charge is -2.15. The molecule has 2 aromatic carbocycles. The summed E-state index contributed by atoms with van der Waals surface area (Å²) in [5.41, 5.74) is 2.74. The first kappa shape index (κ1) is 16.0. The summed E-state index contributed by atoms with van der Waals surface area (Å²) in [5, 5.41) is 7.22. The van der Waals surface area contributed by atoms with Crippen LogP contribution in [0.2, 0.25) is 0 Å². The molecule has 5 nitrogen and oxygen atoms in total. The number of rotatable bonds is 6. The number of carbonyl (C=O) groups excluding carboxylic acids is 1. The summed E-state index contributed by atoms with van der Waals surface area (Å²) >= 11 is 0. The van der Waals surface area contributed by atoms with Gasteiger partial charge >= 0.3 is 0 Å². The van der Waals surface area contributed by atoms with E-state index >= 15 is 0 Å². The van der Waals surface area contributed by atoms with E-state index in [0.29, 0.717) is 6.54 Å². The largest absolute Gasteiger partial charge is 0.367 e. The van der Waals surface area contributed by atoms with Gasteiger partial charge in [0.05, 0.1) is 11.9 Å². The second-order valence-electron chi connectivity index (χ2n) is 5.37. The zero-order chi connectivity index (χ0) is 16.8. The normalized spacial score (nSPS) is 11.9. The van der Waals surface area contributed by atoms with Crippen molar-refractivity contribution in [1.29, 1.82) is 0 Å². The number of hydrogen-bond donors (Lipinski definition) is 1. The summed E-state index contributed by atoms with van der Waals surface area (Å²) in [6.45, 7) is 0.401. The second-order valence-corrected chi connectivity index (χ2v) is 5.37. The molecule has 1 atom stereocenters. The molecule has 24 heavy (non-hydrogen) atoms. The van der Waals surface area contributed by atoms with Crippen LogP contribution in [-0.2, 0) is 16.1 Å². The summed E-state index contributed by atoms with van der Waals surface area (Å²) < 4.78 is 7.11. The van der Waals surface area contributed by atoms with E-state index in [9.17, 15) is 4.79 Å². The molecule has 0 saturated carbocycles. The number of nitrogens with one attached hydrogen (secondary N) is 1. The SMILES string of the molecule is COC(C(=O)NCc1cnn(-c2ccccc2)c1)c1ccccc1. The van der Waals surface area contributed by atoms with Gasteiger partial charge < -0.3 is 10.1 Å². The Labute approximate surface area is 140 Å². The number of benzene rings is 2. The van der Waals surface area contributed by atoms with Crippen molar-refractivity contribution in [3.8, 4) is 5.69 Å². The third kappa shape index (κ3) is 3.70. The van der Waals surface area contributed by atoms with Crippen LogP contribution in [0.1, 0.15) is 17.2 Å². The molecule has 1 unspecified atom stereocenters. The Morgan fingerprint density at radius 3 is 2.46 bits per heavy atom. The van der Waals surface area contributed by atoms with Crippen molar-refractivity contribution in [2.75, 3.05) is 7.11 Å². The summed E-state index contributed by atoms with van der Waals surface area (Å²) in [4.78, 5) is 12.4. The van der Waals surface area contributed by atoms with Gasteiger partial charge in [-0.25, -0.2) is 4.68 Å². The number of methoxy groups -OCH3 is 1. The minimum Gasteiger partial charge on any atom is -0.367 e.